The monoisotopic (exact) mass is 270 g/mol. The fourth-order valence-corrected chi connectivity index (χ4v) is 2.52. The zero-order valence-corrected chi connectivity index (χ0v) is 11.4. The van der Waals surface area contributed by atoms with Gasteiger partial charge in [0.15, 0.2) is 11.5 Å². The van der Waals surface area contributed by atoms with Crippen LogP contribution in [0.2, 0.25) is 0 Å². The number of hydrogen-bond acceptors (Lipinski definition) is 4. The van der Waals surface area contributed by atoms with Crippen molar-refractivity contribution < 1.29 is 19.1 Å². The highest BCUT2D eigenvalue weighted by Gasteiger charge is 2.40. The van der Waals surface area contributed by atoms with Gasteiger partial charge in [-0.25, -0.2) is 0 Å². The van der Waals surface area contributed by atoms with Gasteiger partial charge in [0, 0.05) is 17.5 Å². The van der Waals surface area contributed by atoms with Gasteiger partial charge < -0.3 is 9.47 Å². The van der Waals surface area contributed by atoms with E-state index in [0.29, 0.717) is 28.9 Å². The maximum atomic E-state index is 12.5. The Balaban J connectivity index is 2.07. The Morgan fingerprint density at radius 3 is 2.70 bits per heavy atom. The molecule has 0 fully saturated rings. The van der Waals surface area contributed by atoms with E-state index in [0.717, 1.165) is 5.57 Å². The molecular weight excluding hydrogens is 256 g/mol. The molecule has 1 aliphatic carbocycles. The average molecular weight is 270 g/mol. The van der Waals surface area contributed by atoms with Crippen molar-refractivity contribution in [3.05, 3.63) is 52.8 Å². The van der Waals surface area contributed by atoms with E-state index >= 15 is 0 Å². The summed E-state index contributed by atoms with van der Waals surface area (Å²) in [4.78, 5) is 24.9. The molecule has 1 unspecified atom stereocenters. The van der Waals surface area contributed by atoms with E-state index in [9.17, 15) is 9.59 Å². The molecular formula is C16H14O4. The maximum Gasteiger partial charge on any atom is 0.228 e. The molecule has 4 nitrogen and oxygen atoms in total. The largest absolute Gasteiger partial charge is 0.497 e. The Bertz CT molecular complexity index is 682. The SMILES string of the molecule is C=C(C)C1CC2=C(O1)C(=O)c1cc(OC)ccc1C2=O. The first-order valence-electron chi connectivity index (χ1n) is 6.35. The van der Waals surface area contributed by atoms with Gasteiger partial charge in [-0.3, -0.25) is 9.59 Å². The molecule has 0 amide bonds. The molecule has 0 bridgehead atoms. The minimum Gasteiger partial charge on any atom is -0.497 e. The molecule has 1 aromatic carbocycles. The van der Waals surface area contributed by atoms with Crippen molar-refractivity contribution in [1.82, 2.24) is 0 Å². The second kappa shape index (κ2) is 4.34. The second-order valence-corrected chi connectivity index (χ2v) is 5.03. The summed E-state index contributed by atoms with van der Waals surface area (Å²) in [6.45, 7) is 5.65. The summed E-state index contributed by atoms with van der Waals surface area (Å²) in [5.41, 5.74) is 2.03. The van der Waals surface area contributed by atoms with E-state index < -0.39 is 0 Å². The summed E-state index contributed by atoms with van der Waals surface area (Å²) in [6, 6.07) is 4.89. The standard InChI is InChI=1S/C16H14O4/c1-8(2)13-7-12-14(17)10-5-4-9(19-3)6-11(10)15(18)16(12)20-13/h4-6,13H,1,7H2,2-3H3. The van der Waals surface area contributed by atoms with E-state index in [2.05, 4.69) is 6.58 Å². The predicted molar refractivity (Wildman–Crippen MR) is 73.0 cm³/mol. The third-order valence-corrected chi connectivity index (χ3v) is 3.67. The van der Waals surface area contributed by atoms with Crippen LogP contribution in [-0.2, 0) is 4.74 Å². The van der Waals surface area contributed by atoms with Gasteiger partial charge in [-0.1, -0.05) is 6.58 Å². The third kappa shape index (κ3) is 1.68. The molecule has 0 radical (unpaired) electrons. The van der Waals surface area contributed by atoms with E-state index in [1.54, 1.807) is 18.2 Å². The van der Waals surface area contributed by atoms with Gasteiger partial charge in [-0.15, -0.1) is 0 Å². The van der Waals surface area contributed by atoms with Crippen LogP contribution >= 0.6 is 0 Å². The molecule has 3 rings (SSSR count). The normalized spacial score (nSPS) is 20.4. The summed E-state index contributed by atoms with van der Waals surface area (Å²) < 4.78 is 10.7. The lowest BCUT2D eigenvalue weighted by Crippen LogP contribution is -2.20. The van der Waals surface area contributed by atoms with E-state index in [-0.39, 0.29) is 23.4 Å². The number of carbonyl (C=O) groups excluding carboxylic acids is 2. The van der Waals surface area contributed by atoms with Gasteiger partial charge in [0.05, 0.1) is 12.7 Å². The molecule has 1 aromatic rings. The van der Waals surface area contributed by atoms with Crippen molar-refractivity contribution >= 4 is 11.6 Å². The first kappa shape index (κ1) is 12.7. The summed E-state index contributed by atoms with van der Waals surface area (Å²) >= 11 is 0. The lowest BCUT2D eigenvalue weighted by Gasteiger charge is -2.16. The molecule has 1 heterocycles. The average Bonchev–Trinajstić information content (AvgIpc) is 2.90. The van der Waals surface area contributed by atoms with Crippen molar-refractivity contribution in [1.29, 1.82) is 0 Å². The smallest absolute Gasteiger partial charge is 0.228 e. The predicted octanol–water partition coefficient (Wildman–Crippen LogP) is 2.69. The first-order valence-corrected chi connectivity index (χ1v) is 6.35. The fourth-order valence-electron chi connectivity index (χ4n) is 2.52. The van der Waals surface area contributed by atoms with Gasteiger partial charge in [0.1, 0.15) is 11.9 Å². The molecule has 0 N–H and O–H groups in total. The van der Waals surface area contributed by atoms with Crippen LogP contribution in [-0.4, -0.2) is 24.8 Å². The quantitative estimate of drug-likeness (QED) is 0.775. The fraction of sp³-hybridized carbons (Fsp3) is 0.250. The summed E-state index contributed by atoms with van der Waals surface area (Å²) in [5, 5.41) is 0. The number of benzene rings is 1. The molecule has 1 aliphatic heterocycles. The Morgan fingerprint density at radius 2 is 2.05 bits per heavy atom. The summed E-state index contributed by atoms with van der Waals surface area (Å²) in [7, 11) is 1.52. The molecule has 0 spiro atoms. The number of allylic oxidation sites excluding steroid dienone is 1. The molecule has 4 heteroatoms. The van der Waals surface area contributed by atoms with Gasteiger partial charge in [0.2, 0.25) is 5.78 Å². The third-order valence-electron chi connectivity index (χ3n) is 3.67. The number of ketones is 2. The Kier molecular flexibility index (Phi) is 2.74. The van der Waals surface area contributed by atoms with E-state index in [1.165, 1.54) is 7.11 Å². The lowest BCUT2D eigenvalue weighted by molar-refractivity contribution is 0.0876. The van der Waals surface area contributed by atoms with Crippen LogP contribution in [0.1, 0.15) is 34.1 Å². The van der Waals surface area contributed by atoms with Crippen molar-refractivity contribution in [2.75, 3.05) is 7.11 Å². The van der Waals surface area contributed by atoms with Gasteiger partial charge >= 0.3 is 0 Å². The summed E-state index contributed by atoms with van der Waals surface area (Å²) in [6.07, 6.45) is 0.130. The van der Waals surface area contributed by atoms with Crippen molar-refractivity contribution in [2.45, 2.75) is 19.4 Å². The van der Waals surface area contributed by atoms with Crippen LogP contribution in [0.5, 0.6) is 5.75 Å². The number of fused-ring (bicyclic) bond motifs is 1. The van der Waals surface area contributed by atoms with Gasteiger partial charge in [0.25, 0.3) is 0 Å². The zero-order chi connectivity index (χ0) is 14.4. The molecule has 1 atom stereocenters. The topological polar surface area (TPSA) is 52.6 Å². The van der Waals surface area contributed by atoms with E-state index in [4.69, 9.17) is 9.47 Å². The highest BCUT2D eigenvalue weighted by Crippen LogP contribution is 2.38. The second-order valence-electron chi connectivity index (χ2n) is 5.03. The Morgan fingerprint density at radius 1 is 1.30 bits per heavy atom. The van der Waals surface area contributed by atoms with E-state index in [1.807, 2.05) is 6.92 Å². The first-order chi connectivity index (χ1) is 9.52. The number of rotatable bonds is 2. The minimum atomic E-state index is -0.288. The maximum absolute atomic E-state index is 12.5. The molecule has 2 aliphatic rings. The number of methoxy groups -OCH3 is 1. The minimum absolute atomic E-state index is 0.138. The van der Waals surface area contributed by atoms with Crippen molar-refractivity contribution in [3.63, 3.8) is 0 Å². The Labute approximate surface area is 116 Å². The van der Waals surface area contributed by atoms with Crippen LogP contribution in [0, 0.1) is 0 Å². The van der Waals surface area contributed by atoms with Gasteiger partial charge in [-0.05, 0) is 30.7 Å². The van der Waals surface area contributed by atoms with Crippen molar-refractivity contribution in [2.24, 2.45) is 0 Å². The Hall–Kier alpha value is -2.36. The van der Waals surface area contributed by atoms with Crippen LogP contribution < -0.4 is 4.74 Å². The lowest BCUT2D eigenvalue weighted by atomic mass is 9.87. The van der Waals surface area contributed by atoms with Crippen LogP contribution in [0.4, 0.5) is 0 Å². The van der Waals surface area contributed by atoms with Crippen LogP contribution in [0.25, 0.3) is 0 Å². The molecule has 20 heavy (non-hydrogen) atoms. The molecule has 0 saturated heterocycles. The van der Waals surface area contributed by atoms with Crippen LogP contribution in [0.15, 0.2) is 41.7 Å². The zero-order valence-electron chi connectivity index (χ0n) is 11.4. The molecule has 0 saturated carbocycles. The highest BCUT2D eigenvalue weighted by atomic mass is 16.5. The van der Waals surface area contributed by atoms with Crippen molar-refractivity contribution in [3.8, 4) is 5.75 Å². The number of hydrogen-bond donors (Lipinski definition) is 0. The number of Topliss-reactive ketones (excluding diaryl/α,β-unsaturated/α-hetero) is 2. The highest BCUT2D eigenvalue weighted by molar-refractivity contribution is 6.26. The number of ether oxygens (including phenoxy) is 2. The number of carbonyl (C=O) groups is 2. The summed E-state index contributed by atoms with van der Waals surface area (Å²) in [5.74, 6) is 0.324. The van der Waals surface area contributed by atoms with Crippen LogP contribution in [0.3, 0.4) is 0 Å². The molecule has 102 valence electrons. The van der Waals surface area contributed by atoms with Gasteiger partial charge in [-0.2, -0.15) is 0 Å². The molecule has 0 aromatic heterocycles.